The van der Waals surface area contributed by atoms with E-state index in [1.807, 2.05) is 20.8 Å². The van der Waals surface area contributed by atoms with Crippen LogP contribution in [0, 0.1) is 5.41 Å². The molecule has 1 N–H and O–H groups in total. The Morgan fingerprint density at radius 2 is 1.80 bits per heavy atom. The highest BCUT2D eigenvalue weighted by Gasteiger charge is 2.31. The molecule has 0 radical (unpaired) electrons. The zero-order valence-corrected chi connectivity index (χ0v) is 11.0. The van der Waals surface area contributed by atoms with Crippen molar-refractivity contribution in [2.75, 3.05) is 19.1 Å². The molecule has 0 aliphatic heterocycles. The lowest BCUT2D eigenvalue weighted by atomic mass is 9.85. The van der Waals surface area contributed by atoms with Crippen LogP contribution in [0.1, 0.15) is 27.2 Å². The van der Waals surface area contributed by atoms with Gasteiger partial charge in [0, 0.05) is 13.4 Å². The summed E-state index contributed by atoms with van der Waals surface area (Å²) in [7, 11) is -1.49. The van der Waals surface area contributed by atoms with Gasteiger partial charge in [-0.15, -0.1) is 0 Å². The van der Waals surface area contributed by atoms with Crippen molar-refractivity contribution in [2.24, 2.45) is 5.41 Å². The Bertz CT molecular complexity index is 276. The molecular weight excluding hydrogens is 216 g/mol. The number of ether oxygens (including phenoxy) is 1. The van der Waals surface area contributed by atoms with Crippen LogP contribution < -0.4 is 0 Å². The second kappa shape index (κ2) is 5.27. The molecule has 0 rings (SSSR count). The zero-order chi connectivity index (χ0) is 12.3. The van der Waals surface area contributed by atoms with Crippen LogP contribution in [0.15, 0.2) is 0 Å². The van der Waals surface area contributed by atoms with Crippen molar-refractivity contribution < 1.29 is 18.3 Å². The quantitative estimate of drug-likeness (QED) is 0.771. The van der Waals surface area contributed by atoms with Gasteiger partial charge in [0.25, 0.3) is 0 Å². The molecule has 0 aliphatic rings. The first-order valence-corrected chi connectivity index (χ1v) is 7.02. The second-order valence-electron chi connectivity index (χ2n) is 5.01. The van der Waals surface area contributed by atoms with Crippen LogP contribution in [0.5, 0.6) is 0 Å². The summed E-state index contributed by atoms with van der Waals surface area (Å²) in [5, 5.41) is 9.82. The standard InChI is InChI=1S/C10H22O4S/c1-10(2,3)9(14-4)8(11)6-7-15(5,12)13/h8-9,11H,6-7H2,1-5H3. The van der Waals surface area contributed by atoms with Crippen molar-refractivity contribution in [3.63, 3.8) is 0 Å². The summed E-state index contributed by atoms with van der Waals surface area (Å²) >= 11 is 0. The fraction of sp³-hybridized carbons (Fsp3) is 1.00. The largest absolute Gasteiger partial charge is 0.390 e. The molecule has 4 nitrogen and oxygen atoms in total. The summed E-state index contributed by atoms with van der Waals surface area (Å²) in [5.74, 6) is -0.00981. The van der Waals surface area contributed by atoms with Crippen LogP contribution in [0.4, 0.5) is 0 Å². The van der Waals surface area contributed by atoms with Gasteiger partial charge in [0.05, 0.1) is 18.0 Å². The Morgan fingerprint density at radius 3 is 2.07 bits per heavy atom. The molecule has 2 unspecified atom stereocenters. The molecular formula is C10H22O4S. The average molecular weight is 238 g/mol. The molecule has 0 saturated heterocycles. The molecule has 0 aliphatic carbocycles. The van der Waals surface area contributed by atoms with Gasteiger partial charge in [0.15, 0.2) is 0 Å². The van der Waals surface area contributed by atoms with E-state index in [0.29, 0.717) is 0 Å². The van der Waals surface area contributed by atoms with Crippen LogP contribution in [0.2, 0.25) is 0 Å². The first-order chi connectivity index (χ1) is 6.58. The molecule has 0 aromatic rings. The third kappa shape index (κ3) is 6.12. The number of hydrogen-bond donors (Lipinski definition) is 1. The van der Waals surface area contributed by atoms with Gasteiger partial charge in [0.1, 0.15) is 9.84 Å². The van der Waals surface area contributed by atoms with Gasteiger partial charge in [-0.05, 0) is 11.8 Å². The number of hydrogen-bond acceptors (Lipinski definition) is 4. The lowest BCUT2D eigenvalue weighted by Crippen LogP contribution is -2.40. The Hall–Kier alpha value is -0.130. The zero-order valence-electron chi connectivity index (χ0n) is 10.1. The lowest BCUT2D eigenvalue weighted by Gasteiger charge is -2.33. The van der Waals surface area contributed by atoms with Gasteiger partial charge >= 0.3 is 0 Å². The fourth-order valence-corrected chi connectivity index (χ4v) is 2.24. The van der Waals surface area contributed by atoms with E-state index in [9.17, 15) is 13.5 Å². The van der Waals surface area contributed by atoms with E-state index in [-0.39, 0.29) is 23.7 Å². The third-order valence-corrected chi connectivity index (χ3v) is 3.22. The first kappa shape index (κ1) is 14.9. The van der Waals surface area contributed by atoms with Crippen molar-refractivity contribution in [1.29, 1.82) is 0 Å². The number of aliphatic hydroxyl groups excluding tert-OH is 1. The summed E-state index contributed by atoms with van der Waals surface area (Å²) in [6.07, 6.45) is 0.289. The molecule has 15 heavy (non-hydrogen) atoms. The highest BCUT2D eigenvalue weighted by molar-refractivity contribution is 7.90. The fourth-order valence-electron chi connectivity index (χ4n) is 1.57. The van der Waals surface area contributed by atoms with E-state index in [0.717, 1.165) is 0 Å². The van der Waals surface area contributed by atoms with E-state index in [1.54, 1.807) is 0 Å². The Morgan fingerprint density at radius 1 is 1.33 bits per heavy atom. The molecule has 0 bridgehead atoms. The van der Waals surface area contributed by atoms with E-state index in [1.165, 1.54) is 13.4 Å². The van der Waals surface area contributed by atoms with Crippen LogP contribution in [0.25, 0.3) is 0 Å². The Balaban J connectivity index is 4.36. The molecule has 5 heteroatoms. The first-order valence-electron chi connectivity index (χ1n) is 4.96. The van der Waals surface area contributed by atoms with E-state index in [4.69, 9.17) is 4.74 Å². The third-order valence-electron chi connectivity index (χ3n) is 2.24. The number of rotatable bonds is 5. The number of sulfone groups is 1. The summed E-state index contributed by atoms with van der Waals surface area (Å²) in [6, 6.07) is 0. The molecule has 0 amide bonds. The maximum absolute atomic E-state index is 10.9. The second-order valence-corrected chi connectivity index (χ2v) is 7.27. The molecule has 0 spiro atoms. The van der Waals surface area contributed by atoms with Gasteiger partial charge in [-0.25, -0.2) is 8.42 Å². The summed E-state index contributed by atoms with van der Waals surface area (Å²) in [5.41, 5.74) is -0.203. The van der Waals surface area contributed by atoms with Gasteiger partial charge in [-0.3, -0.25) is 0 Å². The van der Waals surface area contributed by atoms with Crippen molar-refractivity contribution in [3.05, 3.63) is 0 Å². The van der Waals surface area contributed by atoms with Crippen molar-refractivity contribution in [2.45, 2.75) is 39.4 Å². The summed E-state index contributed by atoms with van der Waals surface area (Å²) in [6.45, 7) is 5.85. The van der Waals surface area contributed by atoms with Crippen LogP contribution >= 0.6 is 0 Å². The molecule has 0 fully saturated rings. The molecule has 92 valence electrons. The smallest absolute Gasteiger partial charge is 0.147 e. The molecule has 0 aromatic heterocycles. The Kier molecular flexibility index (Phi) is 5.23. The minimum absolute atomic E-state index is 0.00981. The summed E-state index contributed by atoms with van der Waals surface area (Å²) < 4.78 is 27.1. The number of aliphatic hydroxyl groups is 1. The van der Waals surface area contributed by atoms with Crippen LogP contribution in [-0.4, -0.2) is 44.9 Å². The SMILES string of the molecule is COC(C(O)CCS(C)(=O)=O)C(C)(C)C. The van der Waals surface area contributed by atoms with Gasteiger partial charge in [-0.1, -0.05) is 20.8 Å². The maximum Gasteiger partial charge on any atom is 0.147 e. The van der Waals surface area contributed by atoms with E-state index < -0.39 is 15.9 Å². The summed E-state index contributed by atoms with van der Waals surface area (Å²) in [4.78, 5) is 0. The minimum atomic E-state index is -3.02. The van der Waals surface area contributed by atoms with Crippen LogP contribution in [-0.2, 0) is 14.6 Å². The Labute approximate surface area is 92.6 Å². The van der Waals surface area contributed by atoms with Crippen molar-refractivity contribution >= 4 is 9.84 Å². The maximum atomic E-state index is 10.9. The normalized spacial score (nSPS) is 17.5. The monoisotopic (exact) mass is 238 g/mol. The van der Waals surface area contributed by atoms with Gasteiger partial charge in [-0.2, -0.15) is 0 Å². The van der Waals surface area contributed by atoms with Crippen molar-refractivity contribution in [1.82, 2.24) is 0 Å². The van der Waals surface area contributed by atoms with E-state index >= 15 is 0 Å². The van der Waals surface area contributed by atoms with Gasteiger partial charge < -0.3 is 9.84 Å². The molecule has 0 saturated carbocycles. The predicted octanol–water partition coefficient (Wildman–Crippen LogP) is 0.843. The predicted molar refractivity (Wildman–Crippen MR) is 60.6 cm³/mol. The lowest BCUT2D eigenvalue weighted by molar-refractivity contribution is -0.0710. The van der Waals surface area contributed by atoms with Crippen molar-refractivity contribution in [3.8, 4) is 0 Å². The average Bonchev–Trinajstić information content (AvgIpc) is 1.98. The van der Waals surface area contributed by atoms with E-state index in [2.05, 4.69) is 0 Å². The minimum Gasteiger partial charge on any atom is -0.390 e. The highest BCUT2D eigenvalue weighted by atomic mass is 32.2. The van der Waals surface area contributed by atoms with Crippen LogP contribution in [0.3, 0.4) is 0 Å². The molecule has 0 aromatic carbocycles. The molecule has 2 atom stereocenters. The topological polar surface area (TPSA) is 63.6 Å². The number of methoxy groups -OCH3 is 1. The molecule has 0 heterocycles. The highest BCUT2D eigenvalue weighted by Crippen LogP contribution is 2.25. The van der Waals surface area contributed by atoms with Gasteiger partial charge in [0.2, 0.25) is 0 Å².